The second kappa shape index (κ2) is 5.97. The molecule has 0 amide bonds. The van der Waals surface area contributed by atoms with Crippen molar-refractivity contribution in [1.82, 2.24) is 20.1 Å². The third kappa shape index (κ3) is 3.08. The van der Waals surface area contributed by atoms with Gasteiger partial charge in [0.1, 0.15) is 18.7 Å². The van der Waals surface area contributed by atoms with Crippen molar-refractivity contribution in [2.45, 2.75) is 13.2 Å². The van der Waals surface area contributed by atoms with Gasteiger partial charge in [-0.1, -0.05) is 15.9 Å². The summed E-state index contributed by atoms with van der Waals surface area (Å²) >= 11 is 3.51. The zero-order chi connectivity index (χ0) is 13.0. The zero-order valence-corrected chi connectivity index (χ0v) is 11.9. The van der Waals surface area contributed by atoms with E-state index in [1.807, 2.05) is 32.3 Å². The molecule has 1 aromatic carbocycles. The van der Waals surface area contributed by atoms with E-state index in [-0.39, 0.29) is 0 Å². The summed E-state index contributed by atoms with van der Waals surface area (Å²) in [5.74, 6) is 1.62. The van der Waals surface area contributed by atoms with Gasteiger partial charge in [-0.3, -0.25) is 4.68 Å². The first kappa shape index (κ1) is 13.0. The number of nitrogens with one attached hydrogen (secondary N) is 1. The molecule has 96 valence electrons. The lowest BCUT2D eigenvalue weighted by atomic mass is 10.2. The molecule has 1 aromatic heterocycles. The highest BCUT2D eigenvalue weighted by Crippen LogP contribution is 2.23. The number of benzene rings is 1. The van der Waals surface area contributed by atoms with Crippen LogP contribution in [0.25, 0.3) is 0 Å². The summed E-state index contributed by atoms with van der Waals surface area (Å²) in [6.45, 7) is 1.21. The van der Waals surface area contributed by atoms with Crippen LogP contribution in [0.4, 0.5) is 0 Å². The summed E-state index contributed by atoms with van der Waals surface area (Å²) in [4.78, 5) is 4.11. The van der Waals surface area contributed by atoms with Gasteiger partial charge in [-0.2, -0.15) is 5.10 Å². The van der Waals surface area contributed by atoms with E-state index in [1.54, 1.807) is 4.68 Å². The first-order valence-electron chi connectivity index (χ1n) is 5.59. The Balaban J connectivity index is 2.05. The van der Waals surface area contributed by atoms with Crippen molar-refractivity contribution in [2.24, 2.45) is 7.05 Å². The molecule has 6 heteroatoms. The van der Waals surface area contributed by atoms with Crippen LogP contribution in [0.5, 0.6) is 5.75 Å². The maximum atomic E-state index is 5.70. The molecule has 1 heterocycles. The molecule has 0 bridgehead atoms. The Morgan fingerprint density at radius 2 is 2.28 bits per heavy atom. The standard InChI is InChI=1S/C12H15BrN4O/c1-14-6-9-5-10(3-4-11(9)13)18-7-12-15-8-16-17(12)2/h3-5,8,14H,6-7H2,1-2H3. The van der Waals surface area contributed by atoms with Crippen LogP contribution in [-0.2, 0) is 20.2 Å². The summed E-state index contributed by atoms with van der Waals surface area (Å²) in [7, 11) is 3.76. The van der Waals surface area contributed by atoms with Crippen molar-refractivity contribution in [1.29, 1.82) is 0 Å². The van der Waals surface area contributed by atoms with Gasteiger partial charge in [0.25, 0.3) is 0 Å². The first-order valence-corrected chi connectivity index (χ1v) is 6.38. The maximum Gasteiger partial charge on any atom is 0.164 e. The second-order valence-corrected chi connectivity index (χ2v) is 4.73. The smallest absolute Gasteiger partial charge is 0.164 e. The Kier molecular flexibility index (Phi) is 4.33. The van der Waals surface area contributed by atoms with Crippen molar-refractivity contribution in [3.63, 3.8) is 0 Å². The quantitative estimate of drug-likeness (QED) is 0.916. The van der Waals surface area contributed by atoms with Gasteiger partial charge in [0.05, 0.1) is 0 Å². The number of hydrogen-bond donors (Lipinski definition) is 1. The molecule has 0 saturated carbocycles. The van der Waals surface area contributed by atoms with Gasteiger partial charge in [0, 0.05) is 18.1 Å². The number of nitrogens with zero attached hydrogens (tertiary/aromatic N) is 3. The van der Waals surface area contributed by atoms with Crippen LogP contribution in [0.2, 0.25) is 0 Å². The summed E-state index contributed by atoms with van der Waals surface area (Å²) < 4.78 is 8.48. The van der Waals surface area contributed by atoms with Crippen LogP contribution in [-0.4, -0.2) is 21.8 Å². The predicted molar refractivity (Wildman–Crippen MR) is 72.2 cm³/mol. The van der Waals surface area contributed by atoms with Crippen LogP contribution in [0.15, 0.2) is 29.0 Å². The average molecular weight is 311 g/mol. The molecule has 0 fully saturated rings. The van der Waals surface area contributed by atoms with Gasteiger partial charge in [0.15, 0.2) is 5.82 Å². The molecule has 0 aliphatic rings. The predicted octanol–water partition coefficient (Wildman–Crippen LogP) is 1.88. The fraction of sp³-hybridized carbons (Fsp3) is 0.333. The lowest BCUT2D eigenvalue weighted by molar-refractivity contribution is 0.289. The van der Waals surface area contributed by atoms with Gasteiger partial charge in [0.2, 0.25) is 0 Å². The number of aromatic nitrogens is 3. The highest BCUT2D eigenvalue weighted by molar-refractivity contribution is 9.10. The monoisotopic (exact) mass is 310 g/mol. The van der Waals surface area contributed by atoms with Gasteiger partial charge < -0.3 is 10.1 Å². The van der Waals surface area contributed by atoms with Crippen LogP contribution in [0, 0.1) is 0 Å². The maximum absolute atomic E-state index is 5.70. The van der Waals surface area contributed by atoms with Crippen molar-refractivity contribution in [3.05, 3.63) is 40.4 Å². The third-order valence-electron chi connectivity index (χ3n) is 2.56. The van der Waals surface area contributed by atoms with Crippen LogP contribution >= 0.6 is 15.9 Å². The fourth-order valence-corrected chi connectivity index (χ4v) is 1.95. The molecular formula is C12H15BrN4O. The van der Waals surface area contributed by atoms with Gasteiger partial charge in [-0.15, -0.1) is 0 Å². The lowest BCUT2D eigenvalue weighted by Crippen LogP contribution is -2.07. The van der Waals surface area contributed by atoms with E-state index in [9.17, 15) is 0 Å². The number of halogens is 1. The first-order chi connectivity index (χ1) is 8.70. The molecule has 5 nitrogen and oxygen atoms in total. The van der Waals surface area contributed by atoms with Crippen molar-refractivity contribution in [3.8, 4) is 5.75 Å². The average Bonchev–Trinajstić information content (AvgIpc) is 2.76. The summed E-state index contributed by atoms with van der Waals surface area (Å²) in [6.07, 6.45) is 1.52. The van der Waals surface area contributed by atoms with Crippen LogP contribution in [0.3, 0.4) is 0 Å². The zero-order valence-electron chi connectivity index (χ0n) is 10.4. The minimum atomic E-state index is 0.414. The number of ether oxygens (including phenoxy) is 1. The van der Waals surface area contributed by atoms with Crippen molar-refractivity contribution < 1.29 is 4.74 Å². The molecular weight excluding hydrogens is 296 g/mol. The van der Waals surface area contributed by atoms with E-state index < -0.39 is 0 Å². The van der Waals surface area contributed by atoms with E-state index in [4.69, 9.17) is 4.74 Å². The molecule has 2 aromatic rings. The van der Waals surface area contributed by atoms with E-state index in [0.29, 0.717) is 6.61 Å². The van der Waals surface area contributed by atoms with Crippen LogP contribution in [0.1, 0.15) is 11.4 Å². The summed E-state index contributed by atoms with van der Waals surface area (Å²) in [6, 6.07) is 5.93. The Morgan fingerprint density at radius 1 is 1.44 bits per heavy atom. The number of hydrogen-bond acceptors (Lipinski definition) is 4. The molecule has 18 heavy (non-hydrogen) atoms. The highest BCUT2D eigenvalue weighted by Gasteiger charge is 2.04. The molecule has 0 spiro atoms. The lowest BCUT2D eigenvalue weighted by Gasteiger charge is -2.09. The molecule has 0 aliphatic heterocycles. The normalized spacial score (nSPS) is 10.6. The Labute approximate surface area is 114 Å². The minimum absolute atomic E-state index is 0.414. The van der Waals surface area contributed by atoms with E-state index in [1.165, 1.54) is 6.33 Å². The highest BCUT2D eigenvalue weighted by atomic mass is 79.9. The molecule has 0 unspecified atom stereocenters. The molecule has 1 N–H and O–H groups in total. The van der Waals surface area contributed by atoms with E-state index in [0.717, 1.165) is 28.2 Å². The topological polar surface area (TPSA) is 52.0 Å². The van der Waals surface area contributed by atoms with Gasteiger partial charge in [-0.05, 0) is 30.8 Å². The van der Waals surface area contributed by atoms with E-state index in [2.05, 4.69) is 31.3 Å². The Bertz CT molecular complexity index is 527. The van der Waals surface area contributed by atoms with Gasteiger partial charge >= 0.3 is 0 Å². The Morgan fingerprint density at radius 3 is 2.94 bits per heavy atom. The van der Waals surface area contributed by atoms with Crippen LogP contribution < -0.4 is 10.1 Å². The molecule has 0 atom stereocenters. The Hall–Kier alpha value is -1.40. The SMILES string of the molecule is CNCc1cc(OCc2ncnn2C)ccc1Br. The molecule has 0 radical (unpaired) electrons. The fourth-order valence-electron chi connectivity index (χ4n) is 1.57. The summed E-state index contributed by atoms with van der Waals surface area (Å²) in [5.41, 5.74) is 1.16. The third-order valence-corrected chi connectivity index (χ3v) is 3.33. The van der Waals surface area contributed by atoms with Crippen molar-refractivity contribution in [2.75, 3.05) is 7.05 Å². The van der Waals surface area contributed by atoms with Gasteiger partial charge in [-0.25, -0.2) is 4.98 Å². The summed E-state index contributed by atoms with van der Waals surface area (Å²) in [5, 5.41) is 7.12. The van der Waals surface area contributed by atoms with E-state index >= 15 is 0 Å². The number of aryl methyl sites for hydroxylation is 1. The molecule has 2 rings (SSSR count). The molecule has 0 saturated heterocycles. The minimum Gasteiger partial charge on any atom is -0.486 e. The van der Waals surface area contributed by atoms with Crippen molar-refractivity contribution >= 4 is 15.9 Å². The largest absolute Gasteiger partial charge is 0.486 e. The molecule has 0 aliphatic carbocycles. The second-order valence-electron chi connectivity index (χ2n) is 3.87. The number of rotatable bonds is 5.